The topological polar surface area (TPSA) is 102 Å². The molecule has 6 nitrogen and oxygen atoms in total. The van der Waals surface area contributed by atoms with E-state index in [1.807, 2.05) is 0 Å². The molecule has 0 fully saturated rings. The molecule has 0 radical (unpaired) electrons. The summed E-state index contributed by atoms with van der Waals surface area (Å²) in [4.78, 5) is 18.4. The van der Waals surface area contributed by atoms with Crippen LogP contribution in [-0.2, 0) is 0 Å². The Kier molecular flexibility index (Phi) is 2.09. The van der Waals surface area contributed by atoms with Gasteiger partial charge in [0, 0.05) is 18.0 Å². The summed E-state index contributed by atoms with van der Waals surface area (Å²) in [7, 11) is 0. The lowest BCUT2D eigenvalue weighted by molar-refractivity contribution is 0.0665. The van der Waals surface area contributed by atoms with Crippen molar-refractivity contribution < 1.29 is 14.3 Å². The lowest BCUT2D eigenvalue weighted by Gasteiger charge is -1.95. The first kappa shape index (κ1) is 9.20. The fraction of sp³-hybridized carbons (Fsp3) is 0. The van der Waals surface area contributed by atoms with Crippen molar-refractivity contribution in [2.75, 3.05) is 5.73 Å². The molecule has 0 spiro atoms. The van der Waals surface area contributed by atoms with Crippen LogP contribution in [0.2, 0.25) is 0 Å². The third kappa shape index (κ3) is 1.64. The normalized spacial score (nSPS) is 10.1. The van der Waals surface area contributed by atoms with Crippen LogP contribution in [0.5, 0.6) is 0 Å². The maximum absolute atomic E-state index is 10.8. The number of pyridine rings is 1. The Bertz CT molecular complexity index is 493. The Labute approximate surface area is 84.4 Å². The molecule has 0 aliphatic rings. The average Bonchev–Trinajstić information content (AvgIpc) is 2.62. The summed E-state index contributed by atoms with van der Waals surface area (Å²) < 4.78 is 4.78. The molecular formula is C9H7N3O3. The van der Waals surface area contributed by atoms with Crippen molar-refractivity contribution in [2.24, 2.45) is 0 Å². The predicted molar refractivity (Wildman–Crippen MR) is 51.1 cm³/mol. The van der Waals surface area contributed by atoms with E-state index >= 15 is 0 Å². The van der Waals surface area contributed by atoms with Gasteiger partial charge < -0.3 is 15.3 Å². The van der Waals surface area contributed by atoms with Crippen molar-refractivity contribution in [3.8, 4) is 11.3 Å². The van der Waals surface area contributed by atoms with Gasteiger partial charge in [-0.15, -0.1) is 0 Å². The third-order valence-corrected chi connectivity index (χ3v) is 1.79. The summed E-state index contributed by atoms with van der Waals surface area (Å²) in [6.45, 7) is 0. The van der Waals surface area contributed by atoms with E-state index in [-0.39, 0.29) is 17.5 Å². The molecule has 0 saturated carbocycles. The molecule has 0 aromatic carbocycles. The van der Waals surface area contributed by atoms with Crippen LogP contribution in [0.15, 0.2) is 28.9 Å². The van der Waals surface area contributed by atoms with Crippen LogP contribution >= 0.6 is 0 Å². The number of carboxylic acid groups (broad SMARTS) is 1. The van der Waals surface area contributed by atoms with Crippen LogP contribution in [0.4, 0.5) is 6.01 Å². The van der Waals surface area contributed by atoms with Crippen molar-refractivity contribution in [2.45, 2.75) is 0 Å². The van der Waals surface area contributed by atoms with Gasteiger partial charge >= 0.3 is 5.97 Å². The molecule has 0 unspecified atom stereocenters. The minimum Gasteiger partial charge on any atom is -0.475 e. The van der Waals surface area contributed by atoms with Crippen LogP contribution in [-0.4, -0.2) is 21.0 Å². The van der Waals surface area contributed by atoms with Crippen molar-refractivity contribution in [1.29, 1.82) is 0 Å². The van der Waals surface area contributed by atoms with Crippen LogP contribution in [0, 0.1) is 0 Å². The van der Waals surface area contributed by atoms with Crippen LogP contribution in [0.1, 0.15) is 10.6 Å². The first-order valence-electron chi connectivity index (χ1n) is 4.08. The Hall–Kier alpha value is -2.37. The van der Waals surface area contributed by atoms with Crippen molar-refractivity contribution in [1.82, 2.24) is 9.97 Å². The monoisotopic (exact) mass is 205 g/mol. The van der Waals surface area contributed by atoms with Crippen molar-refractivity contribution >= 4 is 12.0 Å². The minimum absolute atomic E-state index is 0.167. The van der Waals surface area contributed by atoms with E-state index in [1.54, 1.807) is 12.1 Å². The Morgan fingerprint density at radius 1 is 1.40 bits per heavy atom. The first-order valence-corrected chi connectivity index (χ1v) is 4.08. The van der Waals surface area contributed by atoms with Gasteiger partial charge in [-0.2, -0.15) is 4.98 Å². The molecule has 6 heteroatoms. The highest BCUT2D eigenvalue weighted by atomic mass is 16.4. The molecule has 0 saturated heterocycles. The predicted octanol–water partition coefficient (Wildman–Crippen LogP) is 1.02. The Balaban J connectivity index is 2.58. The number of aromatic carboxylic acids is 1. The summed E-state index contributed by atoms with van der Waals surface area (Å²) in [5.41, 5.74) is 6.11. The Morgan fingerprint density at radius 3 is 2.67 bits per heavy atom. The molecular weight excluding hydrogens is 198 g/mol. The number of carbonyl (C=O) groups is 1. The summed E-state index contributed by atoms with van der Waals surface area (Å²) in [5, 5.41) is 8.84. The number of aromatic nitrogens is 2. The second-order valence-electron chi connectivity index (χ2n) is 2.77. The van der Waals surface area contributed by atoms with Gasteiger partial charge in [0.25, 0.3) is 6.01 Å². The summed E-state index contributed by atoms with van der Waals surface area (Å²) in [5.74, 6) is -1.47. The largest absolute Gasteiger partial charge is 0.475 e. The van der Waals surface area contributed by atoms with Crippen LogP contribution in [0.3, 0.4) is 0 Å². The van der Waals surface area contributed by atoms with Crippen LogP contribution in [0.25, 0.3) is 11.3 Å². The summed E-state index contributed by atoms with van der Waals surface area (Å²) in [6.07, 6.45) is 3.07. The maximum Gasteiger partial charge on any atom is 0.374 e. The number of hydrogen-bond donors (Lipinski definition) is 2. The van der Waals surface area contributed by atoms with Gasteiger partial charge in [0.05, 0.1) is 0 Å². The van der Waals surface area contributed by atoms with Gasteiger partial charge in [-0.3, -0.25) is 4.98 Å². The van der Waals surface area contributed by atoms with E-state index in [4.69, 9.17) is 15.3 Å². The fourth-order valence-corrected chi connectivity index (χ4v) is 1.19. The van der Waals surface area contributed by atoms with E-state index in [0.717, 1.165) is 0 Å². The third-order valence-electron chi connectivity index (χ3n) is 1.79. The molecule has 0 bridgehead atoms. The van der Waals surface area contributed by atoms with Crippen LogP contribution < -0.4 is 5.73 Å². The number of nitrogens with zero attached hydrogens (tertiary/aromatic N) is 2. The zero-order valence-corrected chi connectivity index (χ0v) is 7.54. The fourth-order valence-electron chi connectivity index (χ4n) is 1.19. The van der Waals surface area contributed by atoms with E-state index in [9.17, 15) is 4.79 Å². The van der Waals surface area contributed by atoms with E-state index in [2.05, 4.69) is 9.97 Å². The molecule has 0 atom stereocenters. The molecule has 0 aliphatic carbocycles. The highest BCUT2D eigenvalue weighted by Gasteiger charge is 2.19. The molecule has 0 aliphatic heterocycles. The zero-order chi connectivity index (χ0) is 10.8. The SMILES string of the molecule is Nc1nc(-c2ccncc2)c(C(=O)O)o1. The Morgan fingerprint density at radius 2 is 2.07 bits per heavy atom. The lowest BCUT2D eigenvalue weighted by Crippen LogP contribution is -1.96. The van der Waals surface area contributed by atoms with E-state index in [1.165, 1.54) is 12.4 Å². The molecule has 2 heterocycles. The first-order chi connectivity index (χ1) is 7.18. The number of hydrogen-bond acceptors (Lipinski definition) is 5. The van der Waals surface area contributed by atoms with Gasteiger partial charge in [0.1, 0.15) is 5.69 Å². The second kappa shape index (κ2) is 3.41. The van der Waals surface area contributed by atoms with Gasteiger partial charge in [-0.1, -0.05) is 0 Å². The van der Waals surface area contributed by atoms with E-state index in [0.29, 0.717) is 5.56 Å². The van der Waals surface area contributed by atoms with E-state index < -0.39 is 5.97 Å². The van der Waals surface area contributed by atoms with Gasteiger partial charge in [-0.05, 0) is 12.1 Å². The number of oxazole rings is 1. The highest BCUT2D eigenvalue weighted by molar-refractivity contribution is 5.92. The molecule has 76 valence electrons. The molecule has 2 rings (SSSR count). The summed E-state index contributed by atoms with van der Waals surface area (Å²) >= 11 is 0. The molecule has 15 heavy (non-hydrogen) atoms. The number of nitrogen functional groups attached to an aromatic ring is 1. The zero-order valence-electron chi connectivity index (χ0n) is 7.54. The molecule has 0 amide bonds. The van der Waals surface area contributed by atoms with Gasteiger partial charge in [-0.25, -0.2) is 4.79 Å². The minimum atomic E-state index is -1.20. The van der Waals surface area contributed by atoms with Gasteiger partial charge in [0.15, 0.2) is 0 Å². The van der Waals surface area contributed by atoms with Crippen molar-refractivity contribution in [3.63, 3.8) is 0 Å². The van der Waals surface area contributed by atoms with Crippen molar-refractivity contribution in [3.05, 3.63) is 30.3 Å². The van der Waals surface area contributed by atoms with Gasteiger partial charge in [0.2, 0.25) is 5.76 Å². The number of carboxylic acids is 1. The standard InChI is InChI=1S/C9H7N3O3/c10-9-12-6(7(15-9)8(13)14)5-1-3-11-4-2-5/h1-4H,(H2,10,12)(H,13,14). The molecule has 3 N–H and O–H groups in total. The summed E-state index contributed by atoms with van der Waals surface area (Å²) in [6, 6.07) is 3.09. The number of rotatable bonds is 2. The quantitative estimate of drug-likeness (QED) is 0.758. The average molecular weight is 205 g/mol. The second-order valence-corrected chi connectivity index (χ2v) is 2.77. The smallest absolute Gasteiger partial charge is 0.374 e. The number of nitrogens with two attached hydrogens (primary N) is 1. The number of anilines is 1. The molecule has 2 aromatic rings. The highest BCUT2D eigenvalue weighted by Crippen LogP contribution is 2.24. The maximum atomic E-state index is 10.8. The molecule has 2 aromatic heterocycles. The lowest BCUT2D eigenvalue weighted by atomic mass is 10.2.